The molecule has 17 heavy (non-hydrogen) atoms. The lowest BCUT2D eigenvalue weighted by Crippen LogP contribution is -2.49. The summed E-state index contributed by atoms with van der Waals surface area (Å²) in [5.41, 5.74) is 0. The Kier molecular flexibility index (Phi) is 6.47. The minimum Gasteiger partial charge on any atom is -0.374 e. The van der Waals surface area contributed by atoms with Gasteiger partial charge in [-0.3, -0.25) is 9.69 Å². The normalized spacial score (nSPS) is 21.8. The van der Waals surface area contributed by atoms with Crippen molar-refractivity contribution in [3.05, 3.63) is 0 Å². The third-order valence-electron chi connectivity index (χ3n) is 2.95. The Hall–Kier alpha value is -0.650. The van der Waals surface area contributed by atoms with E-state index in [4.69, 9.17) is 4.74 Å². The van der Waals surface area contributed by atoms with E-state index in [1.807, 2.05) is 0 Å². The lowest BCUT2D eigenvalue weighted by atomic mass is 10.2. The van der Waals surface area contributed by atoms with Crippen LogP contribution in [0.3, 0.4) is 0 Å². The molecule has 1 unspecified atom stereocenters. The van der Waals surface area contributed by atoms with Gasteiger partial charge in [0.05, 0.1) is 12.7 Å². The smallest absolute Gasteiger partial charge is 0.216 e. The van der Waals surface area contributed by atoms with Gasteiger partial charge in [0, 0.05) is 45.7 Å². The predicted octanol–water partition coefficient (Wildman–Crippen LogP) is -0.179. The maximum Gasteiger partial charge on any atom is 0.216 e. The molecule has 1 aliphatic heterocycles. The van der Waals surface area contributed by atoms with Crippen molar-refractivity contribution in [3.8, 4) is 0 Å². The van der Waals surface area contributed by atoms with Gasteiger partial charge in [-0.05, 0) is 13.8 Å². The zero-order chi connectivity index (χ0) is 12.7. The molecule has 1 saturated heterocycles. The second-order valence-electron chi connectivity index (χ2n) is 4.77. The zero-order valence-electron chi connectivity index (χ0n) is 11.2. The van der Waals surface area contributed by atoms with Crippen molar-refractivity contribution in [2.75, 3.05) is 39.3 Å². The fraction of sp³-hybridized carbons (Fsp3) is 0.917. The van der Waals surface area contributed by atoms with E-state index in [9.17, 15) is 4.79 Å². The number of amides is 1. The van der Waals surface area contributed by atoms with E-state index in [1.54, 1.807) is 0 Å². The molecule has 1 aliphatic rings. The molecular formula is C12H25N3O2. The molecule has 1 fully saturated rings. The van der Waals surface area contributed by atoms with Gasteiger partial charge >= 0.3 is 0 Å². The van der Waals surface area contributed by atoms with Gasteiger partial charge in [-0.15, -0.1) is 0 Å². The Morgan fingerprint density at radius 1 is 1.47 bits per heavy atom. The highest BCUT2D eigenvalue weighted by Crippen LogP contribution is 2.07. The first kappa shape index (κ1) is 14.4. The van der Waals surface area contributed by atoms with Crippen LogP contribution in [0.4, 0.5) is 0 Å². The Labute approximate surface area is 104 Å². The molecule has 0 radical (unpaired) electrons. The molecule has 1 rings (SSSR count). The number of morpholine rings is 1. The summed E-state index contributed by atoms with van der Waals surface area (Å²) in [6.07, 6.45) is 0.267. The number of rotatable bonds is 6. The fourth-order valence-electron chi connectivity index (χ4n) is 1.92. The van der Waals surface area contributed by atoms with Crippen molar-refractivity contribution >= 4 is 5.91 Å². The van der Waals surface area contributed by atoms with Gasteiger partial charge in [-0.2, -0.15) is 0 Å². The lowest BCUT2D eigenvalue weighted by Gasteiger charge is -2.35. The van der Waals surface area contributed by atoms with E-state index in [1.165, 1.54) is 6.92 Å². The molecule has 0 aliphatic carbocycles. The number of ether oxygens (including phenoxy) is 1. The Bertz CT molecular complexity index is 234. The average Bonchev–Trinajstić information content (AvgIpc) is 2.28. The fourth-order valence-corrected chi connectivity index (χ4v) is 1.92. The molecule has 0 spiro atoms. The summed E-state index contributed by atoms with van der Waals surface area (Å²) in [6.45, 7) is 11.1. The van der Waals surface area contributed by atoms with Gasteiger partial charge in [-0.1, -0.05) is 0 Å². The van der Waals surface area contributed by atoms with E-state index < -0.39 is 0 Å². The second-order valence-corrected chi connectivity index (χ2v) is 4.77. The van der Waals surface area contributed by atoms with Crippen molar-refractivity contribution < 1.29 is 9.53 Å². The Balaban J connectivity index is 2.08. The third kappa shape index (κ3) is 6.00. The van der Waals surface area contributed by atoms with Crippen LogP contribution in [0.1, 0.15) is 20.8 Å². The van der Waals surface area contributed by atoms with Crippen LogP contribution in [-0.4, -0.2) is 62.3 Å². The standard InChI is InChI=1S/C12H25N3O2/c1-10(2)15-6-7-17-12(9-15)8-13-4-5-14-11(3)16/h10,12-13H,4-9H2,1-3H3,(H,14,16). The molecule has 5 nitrogen and oxygen atoms in total. The van der Waals surface area contributed by atoms with Crippen molar-refractivity contribution in [1.29, 1.82) is 0 Å². The maximum absolute atomic E-state index is 10.7. The molecular weight excluding hydrogens is 218 g/mol. The highest BCUT2D eigenvalue weighted by Gasteiger charge is 2.21. The average molecular weight is 243 g/mol. The van der Waals surface area contributed by atoms with E-state index in [2.05, 4.69) is 29.4 Å². The molecule has 0 saturated carbocycles. The zero-order valence-corrected chi connectivity index (χ0v) is 11.2. The molecule has 0 aromatic carbocycles. The van der Waals surface area contributed by atoms with Gasteiger partial charge in [0.1, 0.15) is 0 Å². The maximum atomic E-state index is 10.7. The Morgan fingerprint density at radius 3 is 2.88 bits per heavy atom. The van der Waals surface area contributed by atoms with Gasteiger partial charge in [0.25, 0.3) is 0 Å². The van der Waals surface area contributed by atoms with Crippen LogP contribution in [-0.2, 0) is 9.53 Å². The van der Waals surface area contributed by atoms with Crippen LogP contribution in [0.2, 0.25) is 0 Å². The van der Waals surface area contributed by atoms with Crippen LogP contribution in [0.15, 0.2) is 0 Å². The van der Waals surface area contributed by atoms with E-state index >= 15 is 0 Å². The summed E-state index contributed by atoms with van der Waals surface area (Å²) in [4.78, 5) is 13.1. The molecule has 0 aromatic rings. The molecule has 5 heteroatoms. The van der Waals surface area contributed by atoms with Crippen molar-refractivity contribution in [2.45, 2.75) is 32.9 Å². The third-order valence-corrected chi connectivity index (χ3v) is 2.95. The topological polar surface area (TPSA) is 53.6 Å². The first-order valence-electron chi connectivity index (χ1n) is 6.40. The molecule has 0 aromatic heterocycles. The largest absolute Gasteiger partial charge is 0.374 e. The van der Waals surface area contributed by atoms with Crippen LogP contribution >= 0.6 is 0 Å². The number of hydrogen-bond donors (Lipinski definition) is 2. The van der Waals surface area contributed by atoms with Crippen molar-refractivity contribution in [2.24, 2.45) is 0 Å². The quantitative estimate of drug-likeness (QED) is 0.636. The number of nitrogens with zero attached hydrogens (tertiary/aromatic N) is 1. The minimum absolute atomic E-state index is 0.0201. The van der Waals surface area contributed by atoms with E-state index in [0.29, 0.717) is 12.6 Å². The summed E-state index contributed by atoms with van der Waals surface area (Å²) in [5.74, 6) is 0.0201. The Morgan fingerprint density at radius 2 is 2.24 bits per heavy atom. The summed E-state index contributed by atoms with van der Waals surface area (Å²) >= 11 is 0. The predicted molar refractivity (Wildman–Crippen MR) is 68.0 cm³/mol. The van der Waals surface area contributed by atoms with Crippen molar-refractivity contribution in [1.82, 2.24) is 15.5 Å². The summed E-state index contributed by atoms with van der Waals surface area (Å²) in [5, 5.41) is 6.06. The van der Waals surface area contributed by atoms with Crippen molar-refractivity contribution in [3.63, 3.8) is 0 Å². The van der Waals surface area contributed by atoms with Crippen LogP contribution in [0.25, 0.3) is 0 Å². The van der Waals surface area contributed by atoms with E-state index in [-0.39, 0.29) is 12.0 Å². The molecule has 0 bridgehead atoms. The first-order valence-corrected chi connectivity index (χ1v) is 6.40. The van der Waals surface area contributed by atoms with Crippen LogP contribution in [0.5, 0.6) is 0 Å². The van der Waals surface area contributed by atoms with Crippen LogP contribution in [0, 0.1) is 0 Å². The molecule has 100 valence electrons. The summed E-state index contributed by atoms with van der Waals surface area (Å²) < 4.78 is 5.69. The highest BCUT2D eigenvalue weighted by atomic mass is 16.5. The number of carbonyl (C=O) groups excluding carboxylic acids is 1. The molecule has 2 N–H and O–H groups in total. The second kappa shape index (κ2) is 7.63. The lowest BCUT2D eigenvalue weighted by molar-refractivity contribution is -0.118. The van der Waals surface area contributed by atoms with E-state index in [0.717, 1.165) is 32.8 Å². The number of nitrogens with one attached hydrogen (secondary N) is 2. The van der Waals surface area contributed by atoms with Crippen LogP contribution < -0.4 is 10.6 Å². The van der Waals surface area contributed by atoms with Gasteiger partial charge in [-0.25, -0.2) is 0 Å². The molecule has 1 amide bonds. The number of carbonyl (C=O) groups is 1. The number of hydrogen-bond acceptors (Lipinski definition) is 4. The first-order chi connectivity index (χ1) is 8.09. The SMILES string of the molecule is CC(=O)NCCNCC1CN(C(C)C)CCO1. The molecule has 1 atom stereocenters. The minimum atomic E-state index is 0.0201. The van der Waals surface area contributed by atoms with Gasteiger partial charge in [0.2, 0.25) is 5.91 Å². The monoisotopic (exact) mass is 243 g/mol. The summed E-state index contributed by atoms with van der Waals surface area (Å²) in [7, 11) is 0. The van der Waals surface area contributed by atoms with Gasteiger partial charge in [0.15, 0.2) is 0 Å². The summed E-state index contributed by atoms with van der Waals surface area (Å²) in [6, 6.07) is 0.584. The van der Waals surface area contributed by atoms with Gasteiger partial charge < -0.3 is 15.4 Å². The molecule has 1 heterocycles. The highest BCUT2D eigenvalue weighted by molar-refractivity contribution is 5.72.